The molecule has 2 nitrogen and oxygen atoms in total. The summed E-state index contributed by atoms with van der Waals surface area (Å²) < 4.78 is 37.3. The second-order valence-corrected chi connectivity index (χ2v) is 4.39. The highest BCUT2D eigenvalue weighted by molar-refractivity contribution is 5.94. The molecule has 2 unspecified atom stereocenters. The third-order valence-corrected chi connectivity index (χ3v) is 2.90. The first-order valence-electron chi connectivity index (χ1n) is 5.36. The number of amides is 1. The molecule has 1 aliphatic rings. The van der Waals surface area contributed by atoms with Crippen molar-refractivity contribution in [3.63, 3.8) is 0 Å². The number of anilines is 1. The van der Waals surface area contributed by atoms with Gasteiger partial charge in [-0.3, -0.25) is 4.79 Å². The normalized spacial score (nSPS) is 23.3. The van der Waals surface area contributed by atoms with E-state index in [4.69, 9.17) is 0 Å². The highest BCUT2D eigenvalue weighted by Gasteiger charge is 2.39. The zero-order chi connectivity index (χ0) is 12.6. The SMILES string of the molecule is CC1CC1C(=O)Nc1cccc(C(F)(F)F)c1. The molecule has 0 spiro atoms. The summed E-state index contributed by atoms with van der Waals surface area (Å²) in [6.07, 6.45) is -3.57. The number of benzene rings is 1. The van der Waals surface area contributed by atoms with Crippen LogP contribution in [-0.4, -0.2) is 5.91 Å². The fourth-order valence-corrected chi connectivity index (χ4v) is 1.70. The Hall–Kier alpha value is -1.52. The number of alkyl halides is 3. The molecule has 1 fully saturated rings. The van der Waals surface area contributed by atoms with Gasteiger partial charge in [-0.2, -0.15) is 13.2 Å². The minimum absolute atomic E-state index is 0.0513. The van der Waals surface area contributed by atoms with Crippen LogP contribution in [0.2, 0.25) is 0 Å². The standard InChI is InChI=1S/C12H12F3NO/c1-7-5-10(7)11(17)16-9-4-2-3-8(6-9)12(13,14)15/h2-4,6-7,10H,5H2,1H3,(H,16,17). The van der Waals surface area contributed by atoms with Crippen molar-refractivity contribution >= 4 is 11.6 Å². The molecule has 0 saturated heterocycles. The number of nitrogens with one attached hydrogen (secondary N) is 1. The van der Waals surface area contributed by atoms with Crippen molar-refractivity contribution in [2.45, 2.75) is 19.5 Å². The van der Waals surface area contributed by atoms with E-state index in [2.05, 4.69) is 5.32 Å². The van der Waals surface area contributed by atoms with Gasteiger partial charge in [-0.25, -0.2) is 0 Å². The molecule has 0 radical (unpaired) electrons. The number of hydrogen-bond donors (Lipinski definition) is 1. The van der Waals surface area contributed by atoms with E-state index in [-0.39, 0.29) is 17.5 Å². The van der Waals surface area contributed by atoms with Crippen molar-refractivity contribution in [1.29, 1.82) is 0 Å². The second-order valence-electron chi connectivity index (χ2n) is 4.39. The van der Waals surface area contributed by atoms with E-state index in [9.17, 15) is 18.0 Å². The summed E-state index contributed by atoms with van der Waals surface area (Å²) in [6, 6.07) is 4.68. The topological polar surface area (TPSA) is 29.1 Å². The summed E-state index contributed by atoms with van der Waals surface area (Å²) in [5.41, 5.74) is -0.553. The van der Waals surface area contributed by atoms with Gasteiger partial charge in [0.15, 0.2) is 0 Å². The van der Waals surface area contributed by atoms with Crippen LogP contribution in [0.3, 0.4) is 0 Å². The Labute approximate surface area is 96.8 Å². The first-order chi connectivity index (χ1) is 7.88. The molecule has 2 atom stereocenters. The molecule has 1 amide bonds. The largest absolute Gasteiger partial charge is 0.416 e. The number of rotatable bonds is 2. The number of hydrogen-bond acceptors (Lipinski definition) is 1. The number of carbonyl (C=O) groups excluding carboxylic acids is 1. The van der Waals surface area contributed by atoms with Gasteiger partial charge in [0.2, 0.25) is 5.91 Å². The monoisotopic (exact) mass is 243 g/mol. The number of halogens is 3. The summed E-state index contributed by atoms with van der Waals surface area (Å²) in [6.45, 7) is 1.94. The first-order valence-corrected chi connectivity index (χ1v) is 5.36. The Morgan fingerprint density at radius 1 is 1.41 bits per heavy atom. The van der Waals surface area contributed by atoms with Crippen LogP contribution in [0.5, 0.6) is 0 Å². The van der Waals surface area contributed by atoms with Crippen LogP contribution < -0.4 is 5.32 Å². The minimum atomic E-state index is -4.38. The molecular formula is C12H12F3NO. The van der Waals surface area contributed by atoms with E-state index in [0.29, 0.717) is 5.92 Å². The summed E-state index contributed by atoms with van der Waals surface area (Å²) in [5.74, 6) is 0.0853. The number of carbonyl (C=O) groups is 1. The van der Waals surface area contributed by atoms with Gasteiger partial charge < -0.3 is 5.32 Å². The maximum atomic E-state index is 12.4. The predicted molar refractivity (Wildman–Crippen MR) is 57.3 cm³/mol. The van der Waals surface area contributed by atoms with Gasteiger partial charge in [-0.1, -0.05) is 13.0 Å². The lowest BCUT2D eigenvalue weighted by molar-refractivity contribution is -0.137. The molecule has 5 heteroatoms. The lowest BCUT2D eigenvalue weighted by Crippen LogP contribution is -2.15. The maximum absolute atomic E-state index is 12.4. The van der Waals surface area contributed by atoms with E-state index in [1.54, 1.807) is 0 Å². The van der Waals surface area contributed by atoms with Gasteiger partial charge in [-0.05, 0) is 30.5 Å². The van der Waals surface area contributed by atoms with E-state index in [0.717, 1.165) is 18.6 Å². The fraction of sp³-hybridized carbons (Fsp3) is 0.417. The van der Waals surface area contributed by atoms with Gasteiger partial charge in [-0.15, -0.1) is 0 Å². The lowest BCUT2D eigenvalue weighted by Gasteiger charge is -2.09. The second kappa shape index (κ2) is 4.05. The molecule has 1 aromatic rings. The van der Waals surface area contributed by atoms with Crippen molar-refractivity contribution in [3.05, 3.63) is 29.8 Å². The predicted octanol–water partition coefficient (Wildman–Crippen LogP) is 3.30. The maximum Gasteiger partial charge on any atom is 0.416 e. The average molecular weight is 243 g/mol. The molecule has 0 aliphatic heterocycles. The van der Waals surface area contributed by atoms with Crippen molar-refractivity contribution < 1.29 is 18.0 Å². The summed E-state index contributed by atoms with van der Waals surface area (Å²) >= 11 is 0. The molecule has 1 saturated carbocycles. The Bertz CT molecular complexity index is 442. The third kappa shape index (κ3) is 2.78. The smallest absolute Gasteiger partial charge is 0.326 e. The zero-order valence-electron chi connectivity index (χ0n) is 9.21. The lowest BCUT2D eigenvalue weighted by atomic mass is 10.2. The Kier molecular flexibility index (Phi) is 2.85. The summed E-state index contributed by atoms with van der Waals surface area (Å²) in [4.78, 5) is 11.6. The van der Waals surface area contributed by atoms with Gasteiger partial charge in [0, 0.05) is 11.6 Å². The molecule has 0 bridgehead atoms. The van der Waals surface area contributed by atoms with Crippen LogP contribution in [0.15, 0.2) is 24.3 Å². The Morgan fingerprint density at radius 3 is 2.59 bits per heavy atom. The van der Waals surface area contributed by atoms with Crippen molar-refractivity contribution in [1.82, 2.24) is 0 Å². The third-order valence-electron chi connectivity index (χ3n) is 2.90. The fourth-order valence-electron chi connectivity index (χ4n) is 1.70. The highest BCUT2D eigenvalue weighted by atomic mass is 19.4. The molecule has 2 rings (SSSR count). The molecule has 92 valence electrons. The van der Waals surface area contributed by atoms with E-state index in [1.807, 2.05) is 6.92 Å². The molecule has 1 N–H and O–H groups in total. The molecular weight excluding hydrogens is 231 g/mol. The Morgan fingerprint density at radius 2 is 2.06 bits per heavy atom. The first kappa shape index (κ1) is 12.0. The van der Waals surface area contributed by atoms with Crippen LogP contribution in [-0.2, 0) is 11.0 Å². The van der Waals surface area contributed by atoms with E-state index >= 15 is 0 Å². The summed E-state index contributed by atoms with van der Waals surface area (Å²) in [7, 11) is 0. The molecule has 1 aliphatic carbocycles. The van der Waals surface area contributed by atoms with E-state index < -0.39 is 11.7 Å². The molecule has 0 aromatic heterocycles. The van der Waals surface area contributed by atoms with Crippen LogP contribution in [0, 0.1) is 11.8 Å². The highest BCUT2D eigenvalue weighted by Crippen LogP contribution is 2.38. The minimum Gasteiger partial charge on any atom is -0.326 e. The average Bonchev–Trinajstić information content (AvgIpc) is 2.95. The Balaban J connectivity index is 2.09. The van der Waals surface area contributed by atoms with E-state index in [1.165, 1.54) is 12.1 Å². The van der Waals surface area contributed by atoms with Crippen LogP contribution in [0.4, 0.5) is 18.9 Å². The molecule has 0 heterocycles. The van der Waals surface area contributed by atoms with Gasteiger partial charge in [0.25, 0.3) is 0 Å². The quantitative estimate of drug-likeness (QED) is 0.848. The van der Waals surface area contributed by atoms with Gasteiger partial charge in [0.1, 0.15) is 0 Å². The molecule has 17 heavy (non-hydrogen) atoms. The van der Waals surface area contributed by atoms with Crippen LogP contribution in [0.25, 0.3) is 0 Å². The van der Waals surface area contributed by atoms with Crippen molar-refractivity contribution in [2.75, 3.05) is 5.32 Å². The zero-order valence-corrected chi connectivity index (χ0v) is 9.21. The van der Waals surface area contributed by atoms with Crippen LogP contribution >= 0.6 is 0 Å². The van der Waals surface area contributed by atoms with Crippen molar-refractivity contribution in [3.8, 4) is 0 Å². The van der Waals surface area contributed by atoms with Gasteiger partial charge in [0.05, 0.1) is 5.56 Å². The van der Waals surface area contributed by atoms with Gasteiger partial charge >= 0.3 is 6.18 Å². The summed E-state index contributed by atoms with van der Waals surface area (Å²) in [5, 5.41) is 2.51. The van der Waals surface area contributed by atoms with Crippen molar-refractivity contribution in [2.24, 2.45) is 11.8 Å². The molecule has 1 aromatic carbocycles. The van der Waals surface area contributed by atoms with Crippen LogP contribution in [0.1, 0.15) is 18.9 Å².